The van der Waals surface area contributed by atoms with Crippen molar-refractivity contribution in [2.24, 2.45) is 7.05 Å². The second-order valence-corrected chi connectivity index (χ2v) is 5.73. The van der Waals surface area contributed by atoms with Crippen molar-refractivity contribution in [2.75, 3.05) is 0 Å². The Hall–Kier alpha value is -2.21. The van der Waals surface area contributed by atoms with E-state index in [0.29, 0.717) is 18.4 Å². The predicted octanol–water partition coefficient (Wildman–Crippen LogP) is 2.04. The Morgan fingerprint density at radius 2 is 2.04 bits per heavy atom. The fraction of sp³-hybridized carbons (Fsp3) is 0.412. The number of aliphatic hydroxyl groups excluding tert-OH is 1. The lowest BCUT2D eigenvalue weighted by Gasteiger charge is -2.20. The number of halogens is 1. The molecule has 0 fully saturated rings. The molecule has 0 aliphatic rings. The molecule has 1 aromatic carbocycles. The van der Waals surface area contributed by atoms with E-state index >= 15 is 0 Å². The summed E-state index contributed by atoms with van der Waals surface area (Å²) in [4.78, 5) is 12.0. The Kier molecular flexibility index (Phi) is 5.50. The molecule has 2 atom stereocenters. The third kappa shape index (κ3) is 4.39. The topological polar surface area (TPSA) is 67.2 Å². The first kappa shape index (κ1) is 17.1. The summed E-state index contributed by atoms with van der Waals surface area (Å²) in [5.74, 6) is -0.494. The lowest BCUT2D eigenvalue weighted by Crippen LogP contribution is -2.37. The van der Waals surface area contributed by atoms with Crippen LogP contribution in [0.4, 0.5) is 4.39 Å². The highest BCUT2D eigenvalue weighted by atomic mass is 19.1. The lowest BCUT2D eigenvalue weighted by atomic mass is 10.0. The van der Waals surface area contributed by atoms with Gasteiger partial charge < -0.3 is 10.4 Å². The zero-order valence-corrected chi connectivity index (χ0v) is 13.6. The first-order valence-electron chi connectivity index (χ1n) is 7.59. The fourth-order valence-electron chi connectivity index (χ4n) is 2.39. The summed E-state index contributed by atoms with van der Waals surface area (Å²) >= 11 is 0. The van der Waals surface area contributed by atoms with Crippen molar-refractivity contribution in [3.63, 3.8) is 0 Å². The van der Waals surface area contributed by atoms with E-state index in [1.807, 2.05) is 14.0 Å². The number of carbonyl (C=O) groups excluding carboxylic acids is 1. The SMILES string of the molecule is Cc1c(CCC(=O)NC(C)C(O)c2ccc(F)cc2)cnn1C. The van der Waals surface area contributed by atoms with Gasteiger partial charge in [-0.05, 0) is 43.5 Å². The molecule has 2 unspecified atom stereocenters. The summed E-state index contributed by atoms with van der Waals surface area (Å²) in [5, 5.41) is 17.1. The van der Waals surface area contributed by atoms with Crippen molar-refractivity contribution in [3.05, 3.63) is 53.1 Å². The number of carbonyl (C=O) groups is 1. The fourth-order valence-corrected chi connectivity index (χ4v) is 2.39. The summed E-state index contributed by atoms with van der Waals surface area (Å²) in [6.07, 6.45) is 1.82. The first-order valence-corrected chi connectivity index (χ1v) is 7.59. The highest BCUT2D eigenvalue weighted by molar-refractivity contribution is 5.76. The normalized spacial score (nSPS) is 13.6. The van der Waals surface area contributed by atoms with Crippen molar-refractivity contribution < 1.29 is 14.3 Å². The minimum Gasteiger partial charge on any atom is -0.386 e. The maximum atomic E-state index is 12.9. The van der Waals surface area contributed by atoms with Crippen LogP contribution >= 0.6 is 0 Å². The van der Waals surface area contributed by atoms with E-state index in [1.165, 1.54) is 24.3 Å². The zero-order valence-electron chi connectivity index (χ0n) is 13.6. The average molecular weight is 319 g/mol. The predicted molar refractivity (Wildman–Crippen MR) is 85.2 cm³/mol. The minimum atomic E-state index is -0.875. The largest absolute Gasteiger partial charge is 0.386 e. The van der Waals surface area contributed by atoms with Gasteiger partial charge in [0.15, 0.2) is 0 Å². The van der Waals surface area contributed by atoms with Crippen molar-refractivity contribution in [1.82, 2.24) is 15.1 Å². The van der Waals surface area contributed by atoms with Crippen LogP contribution in [0.1, 0.15) is 36.3 Å². The smallest absolute Gasteiger partial charge is 0.220 e. The van der Waals surface area contributed by atoms with Gasteiger partial charge in [0.1, 0.15) is 5.82 Å². The summed E-state index contributed by atoms with van der Waals surface area (Å²) in [6.45, 7) is 3.68. The van der Waals surface area contributed by atoms with E-state index in [4.69, 9.17) is 0 Å². The van der Waals surface area contributed by atoms with E-state index in [1.54, 1.807) is 17.8 Å². The Bertz CT molecular complexity index is 667. The van der Waals surface area contributed by atoms with Crippen LogP contribution in [0.25, 0.3) is 0 Å². The van der Waals surface area contributed by atoms with Crippen LogP contribution in [-0.4, -0.2) is 26.8 Å². The number of benzene rings is 1. The molecule has 0 aliphatic heterocycles. The van der Waals surface area contributed by atoms with Gasteiger partial charge in [0.05, 0.1) is 18.3 Å². The van der Waals surface area contributed by atoms with Gasteiger partial charge in [0.2, 0.25) is 5.91 Å². The molecule has 124 valence electrons. The maximum Gasteiger partial charge on any atom is 0.220 e. The molecule has 0 saturated heterocycles. The van der Waals surface area contributed by atoms with Gasteiger partial charge in [0, 0.05) is 19.2 Å². The summed E-state index contributed by atoms with van der Waals surface area (Å²) in [6, 6.07) is 5.16. The minimum absolute atomic E-state index is 0.137. The van der Waals surface area contributed by atoms with Crippen LogP contribution in [0, 0.1) is 12.7 Å². The molecule has 2 N–H and O–H groups in total. The van der Waals surface area contributed by atoms with Crippen molar-refractivity contribution in [3.8, 4) is 0 Å². The quantitative estimate of drug-likeness (QED) is 0.856. The molecule has 5 nitrogen and oxygen atoms in total. The van der Waals surface area contributed by atoms with Crippen LogP contribution in [-0.2, 0) is 18.3 Å². The van der Waals surface area contributed by atoms with Gasteiger partial charge in [-0.2, -0.15) is 5.10 Å². The van der Waals surface area contributed by atoms with E-state index in [2.05, 4.69) is 10.4 Å². The molecule has 0 bridgehead atoms. The summed E-state index contributed by atoms with van der Waals surface area (Å²) < 4.78 is 14.7. The van der Waals surface area contributed by atoms with Crippen molar-refractivity contribution in [1.29, 1.82) is 0 Å². The molecule has 0 aliphatic carbocycles. The molecule has 1 amide bonds. The standard InChI is InChI=1S/C17H22FN3O2/c1-11(17(23)13-4-7-15(18)8-5-13)20-16(22)9-6-14-10-19-21(3)12(14)2/h4-5,7-8,10-11,17,23H,6,9H2,1-3H3,(H,20,22). The van der Waals surface area contributed by atoms with Crippen LogP contribution in [0.3, 0.4) is 0 Å². The number of aryl methyl sites for hydroxylation is 2. The molecule has 0 radical (unpaired) electrons. The van der Waals surface area contributed by atoms with Crippen molar-refractivity contribution >= 4 is 5.91 Å². The molecule has 1 aromatic heterocycles. The van der Waals surface area contributed by atoms with Crippen LogP contribution < -0.4 is 5.32 Å². The molecular weight excluding hydrogens is 297 g/mol. The lowest BCUT2D eigenvalue weighted by molar-refractivity contribution is -0.122. The number of nitrogens with zero attached hydrogens (tertiary/aromatic N) is 2. The van der Waals surface area contributed by atoms with E-state index in [-0.39, 0.29) is 11.7 Å². The monoisotopic (exact) mass is 319 g/mol. The second kappa shape index (κ2) is 7.37. The number of amides is 1. The van der Waals surface area contributed by atoms with Gasteiger partial charge in [-0.25, -0.2) is 4.39 Å². The maximum absolute atomic E-state index is 12.9. The van der Waals surface area contributed by atoms with Gasteiger partial charge in [-0.3, -0.25) is 9.48 Å². The number of nitrogens with one attached hydrogen (secondary N) is 1. The Labute approximate surface area is 135 Å². The van der Waals surface area contributed by atoms with E-state index in [0.717, 1.165) is 11.3 Å². The highest BCUT2D eigenvalue weighted by Crippen LogP contribution is 2.17. The molecule has 2 aromatic rings. The molecule has 2 rings (SSSR count). The van der Waals surface area contributed by atoms with Crippen LogP contribution in [0.2, 0.25) is 0 Å². The summed E-state index contributed by atoms with van der Waals surface area (Å²) in [5.41, 5.74) is 2.65. The Morgan fingerprint density at radius 3 is 2.61 bits per heavy atom. The summed E-state index contributed by atoms with van der Waals surface area (Å²) in [7, 11) is 1.86. The highest BCUT2D eigenvalue weighted by Gasteiger charge is 2.18. The molecule has 23 heavy (non-hydrogen) atoms. The van der Waals surface area contributed by atoms with Crippen LogP contribution in [0.15, 0.2) is 30.5 Å². The molecule has 0 saturated carbocycles. The third-order valence-electron chi connectivity index (χ3n) is 4.03. The number of aromatic nitrogens is 2. The Morgan fingerprint density at radius 1 is 1.39 bits per heavy atom. The molecule has 1 heterocycles. The van der Waals surface area contributed by atoms with Gasteiger partial charge >= 0.3 is 0 Å². The zero-order chi connectivity index (χ0) is 17.0. The Balaban J connectivity index is 1.86. The number of aliphatic hydroxyl groups is 1. The van der Waals surface area contributed by atoms with Crippen molar-refractivity contribution in [2.45, 2.75) is 38.8 Å². The first-order chi connectivity index (χ1) is 10.9. The van der Waals surface area contributed by atoms with Gasteiger partial charge in [-0.1, -0.05) is 12.1 Å². The number of rotatable bonds is 6. The van der Waals surface area contributed by atoms with Gasteiger partial charge in [-0.15, -0.1) is 0 Å². The second-order valence-electron chi connectivity index (χ2n) is 5.73. The number of hydrogen-bond donors (Lipinski definition) is 2. The van der Waals surface area contributed by atoms with Gasteiger partial charge in [0.25, 0.3) is 0 Å². The van der Waals surface area contributed by atoms with E-state index in [9.17, 15) is 14.3 Å². The molecular formula is C17H22FN3O2. The number of hydrogen-bond acceptors (Lipinski definition) is 3. The van der Waals surface area contributed by atoms with E-state index < -0.39 is 12.1 Å². The third-order valence-corrected chi connectivity index (χ3v) is 4.03. The van der Waals surface area contributed by atoms with Crippen LogP contribution in [0.5, 0.6) is 0 Å². The average Bonchev–Trinajstić information content (AvgIpc) is 2.84. The molecule has 6 heteroatoms. The molecule has 0 spiro atoms.